The summed E-state index contributed by atoms with van der Waals surface area (Å²) in [6.07, 6.45) is 7.85. The van der Waals surface area contributed by atoms with Crippen LogP contribution in [0.15, 0.2) is 4.90 Å². The van der Waals surface area contributed by atoms with Crippen LogP contribution >= 0.6 is 0 Å². The number of benzene rings is 1. The number of rotatable bonds is 4. The first-order valence-corrected chi connectivity index (χ1v) is 11.7. The zero-order valence-corrected chi connectivity index (χ0v) is 17.7. The molecule has 0 spiro atoms. The molecule has 4 fully saturated rings. The summed E-state index contributed by atoms with van der Waals surface area (Å²) in [6, 6.07) is 0. The van der Waals surface area contributed by atoms with E-state index in [9.17, 15) is 8.42 Å². The lowest BCUT2D eigenvalue weighted by atomic mass is 9.50. The summed E-state index contributed by atoms with van der Waals surface area (Å²) in [7, 11) is -3.48. The molecule has 0 amide bonds. The van der Waals surface area contributed by atoms with Gasteiger partial charge in [-0.25, -0.2) is 13.1 Å². The molecular weight excluding hydrogens is 342 g/mol. The van der Waals surface area contributed by atoms with Crippen molar-refractivity contribution in [3.05, 3.63) is 27.8 Å². The molecule has 0 aliphatic heterocycles. The van der Waals surface area contributed by atoms with Gasteiger partial charge in [0.05, 0.1) is 4.90 Å². The van der Waals surface area contributed by atoms with E-state index in [0.29, 0.717) is 11.4 Å². The molecule has 1 aromatic carbocycles. The topological polar surface area (TPSA) is 46.2 Å². The monoisotopic (exact) mass is 375 g/mol. The van der Waals surface area contributed by atoms with Crippen LogP contribution in [0, 0.1) is 57.8 Å². The summed E-state index contributed by atoms with van der Waals surface area (Å²) >= 11 is 0. The second-order valence-electron chi connectivity index (χ2n) is 9.70. The van der Waals surface area contributed by atoms with E-state index in [2.05, 4.69) is 11.6 Å². The highest BCUT2D eigenvalue weighted by molar-refractivity contribution is 7.89. The maximum absolute atomic E-state index is 13.3. The van der Waals surface area contributed by atoms with Crippen molar-refractivity contribution in [1.82, 2.24) is 4.72 Å². The maximum Gasteiger partial charge on any atom is 0.241 e. The molecule has 1 N–H and O–H groups in total. The lowest BCUT2D eigenvalue weighted by Crippen LogP contribution is -2.51. The zero-order valence-electron chi connectivity index (χ0n) is 16.9. The Morgan fingerprint density at radius 2 is 1.15 bits per heavy atom. The number of hydrogen-bond acceptors (Lipinski definition) is 2. The third-order valence-corrected chi connectivity index (χ3v) is 9.68. The fraction of sp³-hybridized carbons (Fsp3) is 0.727. The predicted octanol–water partition coefficient (Wildman–Crippen LogP) is 4.72. The van der Waals surface area contributed by atoms with Crippen LogP contribution in [-0.4, -0.2) is 15.0 Å². The zero-order chi connectivity index (χ0) is 18.9. The minimum absolute atomic E-state index is 0.221. The van der Waals surface area contributed by atoms with Gasteiger partial charge in [-0.2, -0.15) is 0 Å². The lowest BCUT2D eigenvalue weighted by Gasteiger charge is -2.56. The van der Waals surface area contributed by atoms with Gasteiger partial charge in [0.1, 0.15) is 0 Å². The van der Waals surface area contributed by atoms with Gasteiger partial charge in [0.15, 0.2) is 0 Å². The van der Waals surface area contributed by atoms with Gasteiger partial charge in [0.2, 0.25) is 10.0 Å². The van der Waals surface area contributed by atoms with Gasteiger partial charge in [-0.05, 0) is 124 Å². The minimum atomic E-state index is -3.48. The van der Waals surface area contributed by atoms with Crippen LogP contribution in [-0.2, 0) is 10.0 Å². The third kappa shape index (κ3) is 2.84. The van der Waals surface area contributed by atoms with Gasteiger partial charge in [0, 0.05) is 6.54 Å². The molecule has 4 bridgehead atoms. The molecule has 4 heteroatoms. The number of nitrogens with one attached hydrogen (secondary N) is 1. The Kier molecular flexibility index (Phi) is 4.31. The molecule has 4 aliphatic carbocycles. The number of sulfonamides is 1. The van der Waals surface area contributed by atoms with E-state index >= 15 is 0 Å². The van der Waals surface area contributed by atoms with E-state index in [1.165, 1.54) is 44.1 Å². The van der Waals surface area contributed by atoms with Crippen molar-refractivity contribution in [2.75, 3.05) is 6.54 Å². The Morgan fingerprint density at radius 1 is 0.769 bits per heavy atom. The number of hydrogen-bond donors (Lipinski definition) is 1. The van der Waals surface area contributed by atoms with Gasteiger partial charge in [-0.3, -0.25) is 0 Å². The summed E-state index contributed by atoms with van der Waals surface area (Å²) in [5.41, 5.74) is 5.44. The molecule has 5 rings (SSSR count). The SMILES string of the molecule is Cc1c(C)c(C)c(S(=O)(=O)NCC23CC4CC(CC(C4)C2)C3)c(C)c1C. The first-order chi connectivity index (χ1) is 12.1. The standard InChI is InChI=1S/C22H33NO2S/c1-13-14(2)16(4)21(17(5)15(13)3)26(24,25)23-12-22-9-18-6-19(10-22)8-20(7-18)11-22/h18-20,23H,6-12H2,1-5H3. The van der Waals surface area contributed by atoms with Crippen molar-refractivity contribution in [2.45, 2.75) is 78.0 Å². The molecule has 144 valence electrons. The molecule has 0 radical (unpaired) electrons. The fourth-order valence-electron chi connectivity index (χ4n) is 6.70. The second-order valence-corrected chi connectivity index (χ2v) is 11.4. The van der Waals surface area contributed by atoms with E-state index < -0.39 is 10.0 Å². The van der Waals surface area contributed by atoms with Crippen LogP contribution in [0.3, 0.4) is 0 Å². The smallest absolute Gasteiger partial charge is 0.211 e. The average molecular weight is 376 g/mol. The third-order valence-electron chi connectivity index (χ3n) is 8.00. The largest absolute Gasteiger partial charge is 0.241 e. The summed E-state index contributed by atoms with van der Waals surface area (Å²) in [5, 5.41) is 0. The molecule has 26 heavy (non-hydrogen) atoms. The summed E-state index contributed by atoms with van der Waals surface area (Å²) in [6.45, 7) is 10.7. The van der Waals surface area contributed by atoms with E-state index in [4.69, 9.17) is 0 Å². The van der Waals surface area contributed by atoms with Crippen molar-refractivity contribution in [1.29, 1.82) is 0 Å². The van der Waals surface area contributed by atoms with Crippen molar-refractivity contribution in [3.8, 4) is 0 Å². The van der Waals surface area contributed by atoms with Gasteiger partial charge in [-0.1, -0.05) is 0 Å². The van der Waals surface area contributed by atoms with E-state index in [0.717, 1.165) is 40.0 Å². The molecule has 0 aromatic heterocycles. The van der Waals surface area contributed by atoms with Crippen LogP contribution in [0.4, 0.5) is 0 Å². The van der Waals surface area contributed by atoms with Crippen LogP contribution in [0.2, 0.25) is 0 Å². The van der Waals surface area contributed by atoms with Gasteiger partial charge < -0.3 is 0 Å². The second kappa shape index (κ2) is 6.07. The van der Waals surface area contributed by atoms with Crippen molar-refractivity contribution in [3.63, 3.8) is 0 Å². The van der Waals surface area contributed by atoms with Crippen LogP contribution < -0.4 is 4.72 Å². The lowest BCUT2D eigenvalue weighted by molar-refractivity contribution is -0.0487. The van der Waals surface area contributed by atoms with E-state index in [1.54, 1.807) is 0 Å². The Hall–Kier alpha value is -0.870. The van der Waals surface area contributed by atoms with Gasteiger partial charge in [0.25, 0.3) is 0 Å². The highest BCUT2D eigenvalue weighted by atomic mass is 32.2. The highest BCUT2D eigenvalue weighted by Gasteiger charge is 2.51. The molecular formula is C22H33NO2S. The summed E-state index contributed by atoms with van der Waals surface area (Å²) < 4.78 is 29.6. The first-order valence-electron chi connectivity index (χ1n) is 10.2. The van der Waals surface area contributed by atoms with Gasteiger partial charge in [-0.15, -0.1) is 0 Å². The van der Waals surface area contributed by atoms with Crippen LogP contribution in [0.5, 0.6) is 0 Å². The molecule has 0 saturated heterocycles. The van der Waals surface area contributed by atoms with Crippen molar-refractivity contribution < 1.29 is 8.42 Å². The predicted molar refractivity (Wildman–Crippen MR) is 106 cm³/mol. The Balaban J connectivity index is 1.61. The maximum atomic E-state index is 13.3. The average Bonchev–Trinajstić information content (AvgIpc) is 2.55. The van der Waals surface area contributed by atoms with Crippen molar-refractivity contribution >= 4 is 10.0 Å². The Morgan fingerprint density at radius 3 is 1.58 bits per heavy atom. The Labute approximate surface area is 159 Å². The molecule has 4 aliphatic rings. The minimum Gasteiger partial charge on any atom is -0.211 e. The van der Waals surface area contributed by atoms with E-state index in [1.807, 2.05) is 27.7 Å². The summed E-state index contributed by atoms with van der Waals surface area (Å²) in [5.74, 6) is 2.54. The quantitative estimate of drug-likeness (QED) is 0.827. The highest BCUT2D eigenvalue weighted by Crippen LogP contribution is 2.59. The molecule has 0 atom stereocenters. The van der Waals surface area contributed by atoms with Crippen molar-refractivity contribution in [2.24, 2.45) is 23.2 Å². The fourth-order valence-corrected chi connectivity index (χ4v) is 8.45. The summed E-state index contributed by atoms with van der Waals surface area (Å²) in [4.78, 5) is 0.517. The van der Waals surface area contributed by atoms with Crippen LogP contribution in [0.25, 0.3) is 0 Å². The Bertz CT molecular complexity index is 789. The molecule has 3 nitrogen and oxygen atoms in total. The normalized spacial score (nSPS) is 33.0. The first kappa shape index (κ1) is 18.5. The molecule has 4 saturated carbocycles. The van der Waals surface area contributed by atoms with Gasteiger partial charge >= 0.3 is 0 Å². The molecule has 0 heterocycles. The molecule has 1 aromatic rings. The molecule has 0 unspecified atom stereocenters. The van der Waals surface area contributed by atoms with Crippen LogP contribution in [0.1, 0.15) is 66.3 Å². The van der Waals surface area contributed by atoms with E-state index in [-0.39, 0.29) is 5.41 Å².